The zero-order valence-corrected chi connectivity index (χ0v) is 22.1. The van der Waals surface area contributed by atoms with Gasteiger partial charge in [-0.2, -0.15) is 9.78 Å². The van der Waals surface area contributed by atoms with Crippen LogP contribution in [0.25, 0.3) is 5.82 Å². The lowest BCUT2D eigenvalue weighted by Crippen LogP contribution is -2.36. The van der Waals surface area contributed by atoms with Crippen LogP contribution in [0.15, 0.2) is 52.2 Å². The molecule has 1 aliphatic heterocycles. The third-order valence-corrected chi connectivity index (χ3v) is 6.34. The van der Waals surface area contributed by atoms with Gasteiger partial charge in [0.05, 0.1) is 26.5 Å². The van der Waals surface area contributed by atoms with Crippen molar-refractivity contribution < 1.29 is 23.6 Å². The van der Waals surface area contributed by atoms with Crippen LogP contribution >= 0.6 is 0 Å². The first-order valence-corrected chi connectivity index (χ1v) is 12.6. The van der Waals surface area contributed by atoms with Gasteiger partial charge in [-0.05, 0) is 52.1 Å². The Morgan fingerprint density at radius 2 is 2.00 bits per heavy atom. The van der Waals surface area contributed by atoms with Crippen molar-refractivity contribution >= 4 is 17.9 Å². The van der Waals surface area contributed by atoms with Gasteiger partial charge in [-0.15, -0.1) is 5.10 Å². The molecule has 208 valence electrons. The molecule has 0 atom stereocenters. The highest BCUT2D eigenvalue weighted by atomic mass is 16.6. The van der Waals surface area contributed by atoms with E-state index in [0.29, 0.717) is 62.2 Å². The number of carbonyl (C=O) groups excluding carboxylic acids is 1. The summed E-state index contributed by atoms with van der Waals surface area (Å²) in [7, 11) is 1.56. The number of hydrazone groups is 1. The molecule has 1 fully saturated rings. The Balaban J connectivity index is 1.30. The van der Waals surface area contributed by atoms with Crippen molar-refractivity contribution in [1.29, 1.82) is 0 Å². The van der Waals surface area contributed by atoms with E-state index in [1.54, 1.807) is 19.2 Å². The lowest BCUT2D eigenvalue weighted by atomic mass is 10.1. The van der Waals surface area contributed by atoms with Crippen LogP contribution in [-0.2, 0) is 17.9 Å². The average Bonchev–Trinajstić information content (AvgIpc) is 3.59. The highest BCUT2D eigenvalue weighted by molar-refractivity contribution is 5.95. The number of aromatic nitrogens is 5. The molecule has 4 aromatic rings. The predicted molar refractivity (Wildman–Crippen MR) is 143 cm³/mol. The van der Waals surface area contributed by atoms with Crippen LogP contribution in [0.5, 0.6) is 11.5 Å². The first-order chi connectivity index (χ1) is 19.5. The smallest absolute Gasteiger partial charge is 0.292 e. The third kappa shape index (κ3) is 6.08. The maximum Gasteiger partial charge on any atom is 0.292 e. The number of nitrogens with two attached hydrogens (primary N) is 1. The number of nitrogen functional groups attached to an aromatic ring is 1. The molecular weight excluding hydrogens is 518 g/mol. The lowest BCUT2D eigenvalue weighted by Gasteiger charge is -2.25. The van der Waals surface area contributed by atoms with Gasteiger partial charge in [0.1, 0.15) is 12.3 Å². The molecule has 5 rings (SSSR count). The van der Waals surface area contributed by atoms with Gasteiger partial charge in [-0.1, -0.05) is 29.5 Å². The number of ether oxygens (including phenoxy) is 3. The van der Waals surface area contributed by atoms with Crippen LogP contribution in [0.4, 0.5) is 5.82 Å². The Morgan fingerprint density at radius 3 is 2.75 bits per heavy atom. The standard InChI is InChI=1S/C26H29N9O5/c1-17-5-3-4-6-19(17)16-39-21-8-7-18(13-22(21)37-2)14-28-30-26(36)23-20(15-34-9-11-38-12-10-34)29-33-35(23)25-24(27)31-40-32-25/h3-8,13-14H,9-12,15-16H2,1-2H3,(H2,27,31)(H,30,36)/b28-14+. The molecule has 3 heterocycles. The molecule has 0 aliphatic carbocycles. The van der Waals surface area contributed by atoms with Crippen molar-refractivity contribution in [2.24, 2.45) is 5.10 Å². The topological polar surface area (TPSA) is 168 Å². The van der Waals surface area contributed by atoms with Crippen LogP contribution in [0.1, 0.15) is 32.9 Å². The molecule has 0 radical (unpaired) electrons. The van der Waals surface area contributed by atoms with E-state index < -0.39 is 5.91 Å². The quantitative estimate of drug-likeness (QED) is 0.219. The number of anilines is 1. The molecule has 2 aromatic heterocycles. The number of methoxy groups -OCH3 is 1. The van der Waals surface area contributed by atoms with Gasteiger partial charge in [0.25, 0.3) is 5.91 Å². The summed E-state index contributed by atoms with van der Waals surface area (Å²) in [6.07, 6.45) is 1.49. The van der Waals surface area contributed by atoms with Gasteiger partial charge < -0.3 is 19.9 Å². The zero-order chi connectivity index (χ0) is 27.9. The number of hydrogen-bond acceptors (Lipinski definition) is 12. The summed E-state index contributed by atoms with van der Waals surface area (Å²) in [5, 5.41) is 19.7. The maximum absolute atomic E-state index is 13.3. The largest absolute Gasteiger partial charge is 0.493 e. The molecule has 0 saturated carbocycles. The highest BCUT2D eigenvalue weighted by Gasteiger charge is 2.26. The van der Waals surface area contributed by atoms with E-state index in [1.807, 2.05) is 37.3 Å². The third-order valence-electron chi connectivity index (χ3n) is 6.34. The normalized spacial score (nSPS) is 13.9. The Kier molecular flexibility index (Phi) is 8.27. The van der Waals surface area contributed by atoms with Crippen molar-refractivity contribution in [2.75, 3.05) is 39.1 Å². The second kappa shape index (κ2) is 12.4. The zero-order valence-electron chi connectivity index (χ0n) is 22.1. The van der Waals surface area contributed by atoms with E-state index in [-0.39, 0.29) is 17.3 Å². The summed E-state index contributed by atoms with van der Waals surface area (Å²) >= 11 is 0. The fourth-order valence-corrected chi connectivity index (χ4v) is 4.13. The van der Waals surface area contributed by atoms with E-state index in [9.17, 15) is 4.79 Å². The van der Waals surface area contributed by atoms with Crippen LogP contribution < -0.4 is 20.6 Å². The van der Waals surface area contributed by atoms with Gasteiger partial charge in [0.15, 0.2) is 17.2 Å². The summed E-state index contributed by atoms with van der Waals surface area (Å²) < 4.78 is 22.8. The number of carbonyl (C=O) groups is 1. The molecule has 40 heavy (non-hydrogen) atoms. The minimum atomic E-state index is -0.558. The van der Waals surface area contributed by atoms with Crippen molar-refractivity contribution in [3.05, 3.63) is 70.5 Å². The van der Waals surface area contributed by atoms with Crippen molar-refractivity contribution in [1.82, 2.24) is 35.6 Å². The summed E-state index contributed by atoms with van der Waals surface area (Å²) in [4.78, 5) is 15.4. The lowest BCUT2D eigenvalue weighted by molar-refractivity contribution is 0.0335. The fourth-order valence-electron chi connectivity index (χ4n) is 4.13. The first-order valence-electron chi connectivity index (χ1n) is 12.6. The second-order valence-corrected chi connectivity index (χ2v) is 8.98. The Morgan fingerprint density at radius 1 is 1.18 bits per heavy atom. The van der Waals surface area contributed by atoms with E-state index in [2.05, 4.69) is 40.7 Å². The molecule has 0 spiro atoms. The van der Waals surface area contributed by atoms with Crippen LogP contribution in [0.3, 0.4) is 0 Å². The average molecular weight is 548 g/mol. The van der Waals surface area contributed by atoms with E-state index >= 15 is 0 Å². The SMILES string of the molecule is COc1cc(/C=N/NC(=O)c2c(CN3CCOCC3)nnn2-c2nonc2N)ccc1OCc1ccccc1C. The van der Waals surface area contributed by atoms with Crippen molar-refractivity contribution in [2.45, 2.75) is 20.1 Å². The molecule has 2 aromatic carbocycles. The Hall–Kier alpha value is -4.82. The summed E-state index contributed by atoms with van der Waals surface area (Å²) in [6.45, 7) is 5.42. The van der Waals surface area contributed by atoms with E-state index in [4.69, 9.17) is 19.9 Å². The van der Waals surface area contributed by atoms with Gasteiger partial charge in [-0.3, -0.25) is 9.69 Å². The van der Waals surface area contributed by atoms with Gasteiger partial charge >= 0.3 is 0 Å². The highest BCUT2D eigenvalue weighted by Crippen LogP contribution is 2.28. The second-order valence-electron chi connectivity index (χ2n) is 8.98. The molecular formula is C26H29N9O5. The molecule has 14 nitrogen and oxygen atoms in total. The fraction of sp³-hybridized carbons (Fsp3) is 0.308. The predicted octanol–water partition coefficient (Wildman–Crippen LogP) is 1.72. The minimum absolute atomic E-state index is 0.0304. The number of nitrogens with one attached hydrogen (secondary N) is 1. The van der Waals surface area contributed by atoms with E-state index in [0.717, 1.165) is 11.1 Å². The minimum Gasteiger partial charge on any atom is -0.493 e. The summed E-state index contributed by atoms with van der Waals surface area (Å²) in [5.74, 6) is 0.594. The Labute approximate surface area is 229 Å². The first kappa shape index (κ1) is 26.8. The molecule has 14 heteroatoms. The molecule has 0 unspecified atom stereocenters. The monoisotopic (exact) mass is 547 g/mol. The molecule has 0 bridgehead atoms. The molecule has 1 amide bonds. The number of amides is 1. The molecule has 1 aliphatic rings. The number of nitrogens with zero attached hydrogens (tertiary/aromatic N) is 7. The molecule has 3 N–H and O–H groups in total. The van der Waals surface area contributed by atoms with Gasteiger partial charge in [0, 0.05) is 19.6 Å². The van der Waals surface area contributed by atoms with E-state index in [1.165, 1.54) is 10.9 Å². The number of rotatable bonds is 10. The van der Waals surface area contributed by atoms with Gasteiger partial charge in [0.2, 0.25) is 11.6 Å². The molecule has 1 saturated heterocycles. The summed E-state index contributed by atoms with van der Waals surface area (Å²) in [5.41, 5.74) is 11.8. The number of morpholine rings is 1. The van der Waals surface area contributed by atoms with Crippen molar-refractivity contribution in [3.63, 3.8) is 0 Å². The van der Waals surface area contributed by atoms with Gasteiger partial charge in [-0.25, -0.2) is 10.1 Å². The van der Waals surface area contributed by atoms with Crippen molar-refractivity contribution in [3.8, 4) is 17.3 Å². The van der Waals surface area contributed by atoms with Crippen LogP contribution in [0.2, 0.25) is 0 Å². The number of hydrogen-bond donors (Lipinski definition) is 2. The van der Waals surface area contributed by atoms with Crippen LogP contribution in [0, 0.1) is 6.92 Å². The number of aryl methyl sites for hydroxylation is 1. The Bertz CT molecular complexity index is 1490. The summed E-state index contributed by atoms with van der Waals surface area (Å²) in [6, 6.07) is 13.4. The number of benzene rings is 2. The van der Waals surface area contributed by atoms with Crippen LogP contribution in [-0.4, -0.2) is 75.7 Å². The maximum atomic E-state index is 13.3.